The van der Waals surface area contributed by atoms with Gasteiger partial charge in [0.1, 0.15) is 5.82 Å². The molecule has 1 aliphatic rings. The van der Waals surface area contributed by atoms with E-state index in [0.29, 0.717) is 11.3 Å². The largest absolute Gasteiger partial charge is 0.353 e. The van der Waals surface area contributed by atoms with E-state index in [-0.39, 0.29) is 10.8 Å². The molecule has 0 spiro atoms. The Bertz CT molecular complexity index is 1420. The van der Waals surface area contributed by atoms with E-state index < -0.39 is 10.0 Å². The van der Waals surface area contributed by atoms with Crippen LogP contribution in [0.15, 0.2) is 77.7 Å². The Balaban J connectivity index is 1.22. The summed E-state index contributed by atoms with van der Waals surface area (Å²) in [5.41, 5.74) is 2.18. The van der Waals surface area contributed by atoms with Crippen molar-refractivity contribution < 1.29 is 8.42 Å². The Labute approximate surface area is 215 Å². The van der Waals surface area contributed by atoms with Crippen molar-refractivity contribution in [1.82, 2.24) is 9.27 Å². The van der Waals surface area contributed by atoms with Crippen LogP contribution < -0.4 is 9.62 Å². The van der Waals surface area contributed by atoms with Crippen LogP contribution in [-0.2, 0) is 22.3 Å². The minimum atomic E-state index is -3.73. The number of aromatic nitrogens is 1. The highest BCUT2D eigenvalue weighted by Crippen LogP contribution is 2.30. The maximum absolute atomic E-state index is 13.1. The fraction of sp³-hybridized carbons (Fsp3) is 0.269. The summed E-state index contributed by atoms with van der Waals surface area (Å²) >= 11 is 7.53. The van der Waals surface area contributed by atoms with Gasteiger partial charge in [-0.25, -0.2) is 8.42 Å². The molecule has 0 aliphatic carbocycles. The van der Waals surface area contributed by atoms with Crippen molar-refractivity contribution in [2.24, 2.45) is 0 Å². The van der Waals surface area contributed by atoms with E-state index in [1.807, 2.05) is 24.3 Å². The first-order chi connectivity index (χ1) is 17.0. The van der Waals surface area contributed by atoms with Gasteiger partial charge in [-0.05, 0) is 53.3 Å². The summed E-state index contributed by atoms with van der Waals surface area (Å²) in [5, 5.41) is 1.22. The number of nitrogens with one attached hydrogen (secondary N) is 1. The Morgan fingerprint density at radius 2 is 1.57 bits per heavy atom. The van der Waals surface area contributed by atoms with Crippen molar-refractivity contribution >= 4 is 54.7 Å². The third kappa shape index (κ3) is 5.30. The fourth-order valence-corrected chi connectivity index (χ4v) is 6.93. The van der Waals surface area contributed by atoms with Crippen LogP contribution in [0.5, 0.6) is 0 Å². The van der Waals surface area contributed by atoms with Gasteiger partial charge in [0, 0.05) is 44.0 Å². The van der Waals surface area contributed by atoms with Gasteiger partial charge in [-0.2, -0.15) is 4.37 Å². The van der Waals surface area contributed by atoms with Crippen LogP contribution in [0.25, 0.3) is 10.1 Å². The van der Waals surface area contributed by atoms with Crippen molar-refractivity contribution in [3.8, 4) is 0 Å². The van der Waals surface area contributed by atoms with E-state index in [1.165, 1.54) is 10.1 Å². The van der Waals surface area contributed by atoms with Gasteiger partial charge in [-0.15, -0.1) is 11.6 Å². The molecule has 0 unspecified atom stereocenters. The van der Waals surface area contributed by atoms with Gasteiger partial charge in [-0.3, -0.25) is 9.62 Å². The highest BCUT2D eigenvalue weighted by Gasteiger charge is 2.22. The van der Waals surface area contributed by atoms with Crippen molar-refractivity contribution in [3.63, 3.8) is 0 Å². The smallest absolute Gasteiger partial charge is 0.262 e. The molecule has 0 bridgehead atoms. The first-order valence-electron chi connectivity index (χ1n) is 11.6. The van der Waals surface area contributed by atoms with E-state index >= 15 is 0 Å². The number of alkyl halides is 1. The van der Waals surface area contributed by atoms with Crippen molar-refractivity contribution in [1.29, 1.82) is 0 Å². The molecular weight excluding hydrogens is 500 g/mol. The lowest BCUT2D eigenvalue weighted by Gasteiger charge is -2.35. The van der Waals surface area contributed by atoms with Gasteiger partial charge >= 0.3 is 0 Å². The minimum absolute atomic E-state index is 0.140. The molecule has 6 nitrogen and oxygen atoms in total. The second-order valence-corrected chi connectivity index (χ2v) is 11.3. The van der Waals surface area contributed by atoms with Gasteiger partial charge in [0.05, 0.1) is 15.3 Å². The predicted molar refractivity (Wildman–Crippen MR) is 145 cm³/mol. The highest BCUT2D eigenvalue weighted by molar-refractivity contribution is 7.92. The molecule has 9 heteroatoms. The molecule has 0 atom stereocenters. The zero-order chi connectivity index (χ0) is 24.3. The molecule has 4 aromatic rings. The lowest BCUT2D eigenvalue weighted by Crippen LogP contribution is -2.47. The van der Waals surface area contributed by atoms with E-state index in [1.54, 1.807) is 35.8 Å². The number of nitrogens with zero attached hydrogens (tertiary/aromatic N) is 3. The quantitative estimate of drug-likeness (QED) is 0.320. The molecule has 5 rings (SSSR count). The van der Waals surface area contributed by atoms with E-state index in [0.717, 1.165) is 50.5 Å². The highest BCUT2D eigenvalue weighted by atomic mass is 35.5. The summed E-state index contributed by atoms with van der Waals surface area (Å²) in [5.74, 6) is 1.23. The third-order valence-electron chi connectivity index (χ3n) is 6.40. The van der Waals surface area contributed by atoms with Crippen LogP contribution in [0.3, 0.4) is 0 Å². The summed E-state index contributed by atoms with van der Waals surface area (Å²) < 4.78 is 34.9. The summed E-state index contributed by atoms with van der Waals surface area (Å²) in [6, 6.07) is 22.8. The maximum atomic E-state index is 13.1. The van der Waals surface area contributed by atoms with Crippen molar-refractivity contribution in [2.75, 3.05) is 42.3 Å². The molecule has 1 saturated heterocycles. The number of hydrogen-bond acceptors (Lipinski definition) is 6. The third-order valence-corrected chi connectivity index (χ3v) is 8.97. The lowest BCUT2D eigenvalue weighted by molar-refractivity contribution is 0.261. The number of hydrogen-bond donors (Lipinski definition) is 1. The Morgan fingerprint density at radius 1 is 0.886 bits per heavy atom. The summed E-state index contributed by atoms with van der Waals surface area (Å²) in [4.78, 5) is 5.01. The Hall–Kier alpha value is -2.65. The number of rotatable bonds is 8. The standard InChI is InChI=1S/C26H27ClN4O2S2/c27-19-21-8-2-6-12-25(21)35(32,33)29-23-10-4-1-7-20(23)13-14-30-15-17-31(18-16-30)26-22-9-3-5-11-24(22)34-28-26/h1-12,29H,13-19H2. The minimum Gasteiger partial charge on any atom is -0.353 e. The number of para-hydroxylation sites is 1. The van der Waals surface area contributed by atoms with Crippen molar-refractivity contribution in [2.45, 2.75) is 17.2 Å². The van der Waals surface area contributed by atoms with Crippen LogP contribution in [0, 0.1) is 0 Å². The van der Waals surface area contributed by atoms with Crippen LogP contribution in [0.1, 0.15) is 11.1 Å². The number of benzene rings is 3. The fourth-order valence-electron chi connectivity index (χ4n) is 4.48. The summed E-state index contributed by atoms with van der Waals surface area (Å²) in [6.45, 7) is 4.61. The number of sulfonamides is 1. The first kappa shape index (κ1) is 24.1. The summed E-state index contributed by atoms with van der Waals surface area (Å²) in [7, 11) is -3.73. The molecule has 0 saturated carbocycles. The second kappa shape index (κ2) is 10.5. The van der Waals surface area contributed by atoms with E-state index in [9.17, 15) is 8.42 Å². The number of piperazine rings is 1. The molecule has 1 aliphatic heterocycles. The molecule has 0 amide bonds. The molecule has 182 valence electrons. The molecule has 35 heavy (non-hydrogen) atoms. The Kier molecular flexibility index (Phi) is 7.24. The topological polar surface area (TPSA) is 65.5 Å². The molecule has 3 aromatic carbocycles. The molecule has 1 fully saturated rings. The zero-order valence-corrected chi connectivity index (χ0v) is 21.6. The van der Waals surface area contributed by atoms with Gasteiger partial charge in [-0.1, -0.05) is 48.5 Å². The SMILES string of the molecule is O=S(=O)(Nc1ccccc1CCN1CCN(c2nsc3ccccc23)CC1)c1ccccc1CCl. The summed E-state index contributed by atoms with van der Waals surface area (Å²) in [6.07, 6.45) is 0.759. The maximum Gasteiger partial charge on any atom is 0.262 e. The molecule has 0 radical (unpaired) electrons. The predicted octanol–water partition coefficient (Wildman–Crippen LogP) is 5.20. The first-order valence-corrected chi connectivity index (χ1v) is 14.4. The van der Waals surface area contributed by atoms with Crippen LogP contribution >= 0.6 is 23.1 Å². The van der Waals surface area contributed by atoms with Gasteiger partial charge in [0.25, 0.3) is 10.0 Å². The number of halogens is 1. The second-order valence-electron chi connectivity index (χ2n) is 8.59. The van der Waals surface area contributed by atoms with Gasteiger partial charge < -0.3 is 4.90 Å². The van der Waals surface area contributed by atoms with Crippen LogP contribution in [0.4, 0.5) is 11.5 Å². The number of fused-ring (bicyclic) bond motifs is 1. The zero-order valence-electron chi connectivity index (χ0n) is 19.2. The number of anilines is 2. The monoisotopic (exact) mass is 526 g/mol. The average Bonchev–Trinajstić information content (AvgIpc) is 3.32. The molecular formula is C26H27ClN4O2S2. The average molecular weight is 527 g/mol. The van der Waals surface area contributed by atoms with Gasteiger partial charge in [0.2, 0.25) is 0 Å². The lowest BCUT2D eigenvalue weighted by atomic mass is 10.1. The van der Waals surface area contributed by atoms with Gasteiger partial charge in [0.15, 0.2) is 0 Å². The normalized spacial score (nSPS) is 14.9. The molecule has 1 aromatic heterocycles. The van der Waals surface area contributed by atoms with E-state index in [4.69, 9.17) is 16.0 Å². The molecule has 2 heterocycles. The van der Waals surface area contributed by atoms with Crippen LogP contribution in [-0.4, -0.2) is 50.4 Å². The van der Waals surface area contributed by atoms with E-state index in [2.05, 4.69) is 38.8 Å². The van der Waals surface area contributed by atoms with Crippen molar-refractivity contribution in [3.05, 3.63) is 83.9 Å². The van der Waals surface area contributed by atoms with Crippen LogP contribution in [0.2, 0.25) is 0 Å². The Morgan fingerprint density at radius 3 is 2.37 bits per heavy atom. The molecule has 1 N–H and O–H groups in total.